The highest BCUT2D eigenvalue weighted by atomic mass is 127. The maximum absolute atomic E-state index is 12.2. The highest BCUT2D eigenvalue weighted by Crippen LogP contribution is 2.30. The van der Waals surface area contributed by atoms with E-state index in [4.69, 9.17) is 9.72 Å². The summed E-state index contributed by atoms with van der Waals surface area (Å²) in [5.74, 6) is 1.56. The van der Waals surface area contributed by atoms with Crippen molar-refractivity contribution < 1.29 is 4.74 Å². The fourth-order valence-electron chi connectivity index (χ4n) is 2.43. The predicted molar refractivity (Wildman–Crippen MR) is 90.9 cm³/mol. The molecule has 0 amide bonds. The molecule has 0 bridgehead atoms. The lowest BCUT2D eigenvalue weighted by Crippen LogP contribution is -2.24. The van der Waals surface area contributed by atoms with Crippen molar-refractivity contribution in [3.8, 4) is 17.1 Å². The summed E-state index contributed by atoms with van der Waals surface area (Å²) in [6.45, 7) is 6.93. The van der Waals surface area contributed by atoms with Crippen molar-refractivity contribution in [1.82, 2.24) is 9.97 Å². The third-order valence-electron chi connectivity index (χ3n) is 3.54. The van der Waals surface area contributed by atoms with Gasteiger partial charge in [-0.1, -0.05) is 20.8 Å². The van der Waals surface area contributed by atoms with Gasteiger partial charge >= 0.3 is 0 Å². The van der Waals surface area contributed by atoms with E-state index in [1.54, 1.807) is 0 Å². The molecule has 0 aliphatic carbocycles. The third-order valence-corrected chi connectivity index (χ3v) is 4.54. The van der Waals surface area contributed by atoms with E-state index in [1.165, 1.54) is 5.56 Å². The van der Waals surface area contributed by atoms with E-state index < -0.39 is 0 Å². The Kier molecular flexibility index (Phi) is 3.55. The molecule has 5 heteroatoms. The fraction of sp³-hybridized carbons (Fsp3) is 0.375. The van der Waals surface area contributed by atoms with E-state index in [0.717, 1.165) is 30.0 Å². The first-order valence-corrected chi connectivity index (χ1v) is 8.00. The number of halogens is 1. The minimum absolute atomic E-state index is 0.0812. The standard InChI is InChI=1S/C16H17IN2O2/c1-16(2,3)13-12(17)15(20)19-14(18-13)10-4-5-11-9(8-10)6-7-21-11/h4-5,8H,6-7H2,1-3H3,(H,18,19,20). The number of fused-ring (bicyclic) bond motifs is 1. The second-order valence-electron chi connectivity index (χ2n) is 6.25. The molecular weight excluding hydrogens is 379 g/mol. The van der Waals surface area contributed by atoms with Crippen LogP contribution in [-0.4, -0.2) is 16.6 Å². The zero-order valence-corrected chi connectivity index (χ0v) is 14.4. The van der Waals surface area contributed by atoms with Crippen molar-refractivity contribution >= 4 is 22.6 Å². The summed E-state index contributed by atoms with van der Waals surface area (Å²) in [6.07, 6.45) is 0.907. The predicted octanol–water partition coefficient (Wildman–Crippen LogP) is 3.27. The third kappa shape index (κ3) is 2.71. The molecule has 0 unspecified atom stereocenters. The molecule has 0 atom stereocenters. The van der Waals surface area contributed by atoms with Crippen LogP contribution >= 0.6 is 22.6 Å². The van der Waals surface area contributed by atoms with Crippen LogP contribution in [0.2, 0.25) is 0 Å². The summed E-state index contributed by atoms with van der Waals surface area (Å²) >= 11 is 2.07. The van der Waals surface area contributed by atoms with Crippen LogP contribution < -0.4 is 10.3 Å². The number of aromatic nitrogens is 2. The van der Waals surface area contributed by atoms with Gasteiger partial charge in [0, 0.05) is 17.4 Å². The number of aromatic amines is 1. The fourth-order valence-corrected chi connectivity index (χ4v) is 3.49. The second kappa shape index (κ2) is 5.12. The van der Waals surface area contributed by atoms with Gasteiger partial charge in [-0.15, -0.1) is 0 Å². The lowest BCUT2D eigenvalue weighted by Gasteiger charge is -2.19. The quantitative estimate of drug-likeness (QED) is 0.753. The maximum Gasteiger partial charge on any atom is 0.264 e. The number of rotatable bonds is 1. The smallest absolute Gasteiger partial charge is 0.264 e. The molecule has 2 heterocycles. The van der Waals surface area contributed by atoms with E-state index >= 15 is 0 Å². The summed E-state index contributed by atoms with van der Waals surface area (Å²) < 4.78 is 6.18. The maximum atomic E-state index is 12.2. The van der Waals surface area contributed by atoms with Crippen LogP contribution in [0.1, 0.15) is 32.0 Å². The van der Waals surface area contributed by atoms with Crippen LogP contribution in [0.3, 0.4) is 0 Å². The molecule has 1 aromatic carbocycles. The molecule has 3 rings (SSSR count). The van der Waals surface area contributed by atoms with Crippen molar-refractivity contribution in [2.24, 2.45) is 0 Å². The van der Waals surface area contributed by atoms with Crippen LogP contribution in [0.4, 0.5) is 0 Å². The van der Waals surface area contributed by atoms with Gasteiger partial charge in [0.05, 0.1) is 12.3 Å². The monoisotopic (exact) mass is 396 g/mol. The Hall–Kier alpha value is -1.37. The van der Waals surface area contributed by atoms with Gasteiger partial charge in [0.15, 0.2) is 0 Å². The Morgan fingerprint density at radius 1 is 1.33 bits per heavy atom. The highest BCUT2D eigenvalue weighted by Gasteiger charge is 2.22. The Morgan fingerprint density at radius 3 is 2.81 bits per heavy atom. The minimum atomic E-state index is -0.167. The number of ether oxygens (including phenoxy) is 1. The van der Waals surface area contributed by atoms with E-state index in [1.807, 2.05) is 12.1 Å². The van der Waals surface area contributed by atoms with E-state index in [9.17, 15) is 4.79 Å². The summed E-state index contributed by atoms with van der Waals surface area (Å²) in [5.41, 5.74) is 2.68. The molecule has 21 heavy (non-hydrogen) atoms. The number of nitrogens with zero attached hydrogens (tertiary/aromatic N) is 1. The van der Waals surface area contributed by atoms with Gasteiger partial charge in [-0.3, -0.25) is 4.79 Å². The van der Waals surface area contributed by atoms with Gasteiger partial charge in [0.25, 0.3) is 5.56 Å². The van der Waals surface area contributed by atoms with Crippen molar-refractivity contribution in [2.75, 3.05) is 6.61 Å². The topological polar surface area (TPSA) is 55.0 Å². The molecule has 1 aromatic heterocycles. The number of benzene rings is 1. The first-order valence-electron chi connectivity index (χ1n) is 6.92. The SMILES string of the molecule is CC(C)(C)c1nc(-c2ccc3c(c2)CCO3)[nH]c(=O)c1I. The molecule has 0 spiro atoms. The Balaban J connectivity index is 2.15. The minimum Gasteiger partial charge on any atom is -0.493 e. The van der Waals surface area contributed by atoms with Gasteiger partial charge in [-0.05, 0) is 46.4 Å². The lowest BCUT2D eigenvalue weighted by molar-refractivity contribution is 0.357. The number of H-pyrrole nitrogens is 1. The molecule has 1 aliphatic rings. The lowest BCUT2D eigenvalue weighted by atomic mass is 9.92. The van der Waals surface area contributed by atoms with Crippen LogP contribution in [0, 0.1) is 3.57 Å². The molecule has 1 N–H and O–H groups in total. The average molecular weight is 396 g/mol. The summed E-state index contributed by atoms with van der Waals surface area (Å²) in [4.78, 5) is 19.8. The molecule has 0 saturated heterocycles. The van der Waals surface area contributed by atoms with Crippen LogP contribution in [0.25, 0.3) is 11.4 Å². The molecule has 0 fully saturated rings. The zero-order chi connectivity index (χ0) is 15.2. The Labute approximate surface area is 137 Å². The molecule has 2 aromatic rings. The van der Waals surface area contributed by atoms with Crippen molar-refractivity contribution in [2.45, 2.75) is 32.6 Å². The molecular formula is C16H17IN2O2. The summed E-state index contributed by atoms with van der Waals surface area (Å²) in [7, 11) is 0. The van der Waals surface area contributed by atoms with Gasteiger partial charge < -0.3 is 9.72 Å². The molecule has 4 nitrogen and oxygen atoms in total. The number of nitrogens with one attached hydrogen (secondary N) is 1. The van der Waals surface area contributed by atoms with Gasteiger partial charge in [0.1, 0.15) is 15.1 Å². The summed E-state index contributed by atoms with van der Waals surface area (Å²) in [5, 5.41) is 0. The number of hydrogen-bond donors (Lipinski definition) is 1. The van der Waals surface area contributed by atoms with E-state index in [0.29, 0.717) is 9.39 Å². The molecule has 0 saturated carbocycles. The first kappa shape index (κ1) is 14.6. The van der Waals surface area contributed by atoms with Crippen molar-refractivity contribution in [1.29, 1.82) is 0 Å². The first-order chi connectivity index (χ1) is 9.86. The normalized spacial score (nSPS) is 13.9. The van der Waals surface area contributed by atoms with Crippen LogP contribution in [0.15, 0.2) is 23.0 Å². The molecule has 1 aliphatic heterocycles. The van der Waals surface area contributed by atoms with Gasteiger partial charge in [-0.25, -0.2) is 4.98 Å². The van der Waals surface area contributed by atoms with Gasteiger partial charge in [0.2, 0.25) is 0 Å². The van der Waals surface area contributed by atoms with E-state index in [2.05, 4.69) is 54.4 Å². The molecule has 110 valence electrons. The Bertz CT molecular complexity index is 760. The molecule has 0 radical (unpaired) electrons. The van der Waals surface area contributed by atoms with E-state index in [-0.39, 0.29) is 11.0 Å². The Morgan fingerprint density at radius 2 is 2.10 bits per heavy atom. The second-order valence-corrected chi connectivity index (χ2v) is 7.33. The van der Waals surface area contributed by atoms with Crippen LogP contribution in [-0.2, 0) is 11.8 Å². The largest absolute Gasteiger partial charge is 0.493 e. The van der Waals surface area contributed by atoms with Crippen LogP contribution in [0.5, 0.6) is 5.75 Å². The van der Waals surface area contributed by atoms with Crippen molar-refractivity contribution in [3.05, 3.63) is 43.4 Å². The summed E-state index contributed by atoms with van der Waals surface area (Å²) in [6, 6.07) is 5.95. The average Bonchev–Trinajstić information content (AvgIpc) is 2.87. The zero-order valence-electron chi connectivity index (χ0n) is 12.3. The highest BCUT2D eigenvalue weighted by molar-refractivity contribution is 14.1. The number of hydrogen-bond acceptors (Lipinski definition) is 3. The van der Waals surface area contributed by atoms with Crippen molar-refractivity contribution in [3.63, 3.8) is 0 Å². The van der Waals surface area contributed by atoms with Gasteiger partial charge in [-0.2, -0.15) is 0 Å².